The number of allylic oxidation sites excluding steroid dienone is 2. The molecule has 0 amide bonds. The van der Waals surface area contributed by atoms with Crippen LogP contribution >= 0.6 is 0 Å². The highest BCUT2D eigenvalue weighted by atomic mass is 16.4. The van der Waals surface area contributed by atoms with Crippen molar-refractivity contribution in [2.75, 3.05) is 19.8 Å². The molecule has 0 aromatic carbocycles. The van der Waals surface area contributed by atoms with E-state index in [0.29, 0.717) is 25.7 Å². The molecule has 9 nitrogen and oxygen atoms in total. The van der Waals surface area contributed by atoms with Crippen LogP contribution in [0.1, 0.15) is 64.7 Å². The van der Waals surface area contributed by atoms with Gasteiger partial charge in [-0.25, -0.2) is 0 Å². The van der Waals surface area contributed by atoms with Gasteiger partial charge in [0.25, 0.3) is 0 Å². The molecule has 194 valence electrons. The van der Waals surface area contributed by atoms with Crippen LogP contribution in [0.3, 0.4) is 0 Å². The van der Waals surface area contributed by atoms with Crippen LogP contribution < -0.4 is 5.73 Å². The van der Waals surface area contributed by atoms with Crippen LogP contribution in [0.2, 0.25) is 0 Å². The van der Waals surface area contributed by atoms with Gasteiger partial charge in [-0.3, -0.25) is 4.79 Å². The van der Waals surface area contributed by atoms with E-state index in [1.54, 1.807) is 6.08 Å². The molecule has 33 heavy (non-hydrogen) atoms. The van der Waals surface area contributed by atoms with E-state index in [4.69, 9.17) is 26.2 Å². The van der Waals surface area contributed by atoms with E-state index in [0.717, 1.165) is 25.7 Å². The van der Waals surface area contributed by atoms with Crippen molar-refractivity contribution in [3.63, 3.8) is 0 Å². The van der Waals surface area contributed by atoms with Gasteiger partial charge in [-0.05, 0) is 31.6 Å². The second-order valence-corrected chi connectivity index (χ2v) is 8.89. The molecule has 9 heteroatoms. The lowest BCUT2D eigenvalue weighted by Gasteiger charge is -2.20. The average Bonchev–Trinajstić information content (AvgIpc) is 3.06. The van der Waals surface area contributed by atoms with E-state index in [1.165, 1.54) is 0 Å². The Labute approximate surface area is 197 Å². The first-order valence-corrected chi connectivity index (χ1v) is 11.8. The molecule has 0 aliphatic heterocycles. The first-order valence-electron chi connectivity index (χ1n) is 11.8. The van der Waals surface area contributed by atoms with Gasteiger partial charge in [0.2, 0.25) is 0 Å². The second-order valence-electron chi connectivity index (χ2n) is 8.89. The third-order valence-corrected chi connectivity index (χ3v) is 5.86. The van der Waals surface area contributed by atoms with Gasteiger partial charge in [0.05, 0.1) is 43.7 Å². The van der Waals surface area contributed by atoms with Crippen molar-refractivity contribution < 1.29 is 40.5 Å². The third-order valence-electron chi connectivity index (χ3n) is 5.86. The summed E-state index contributed by atoms with van der Waals surface area (Å²) in [4.78, 5) is 10.5. The minimum absolute atomic E-state index is 0.0650. The van der Waals surface area contributed by atoms with Crippen LogP contribution in [-0.4, -0.2) is 85.4 Å². The average molecular weight is 476 g/mol. The predicted molar refractivity (Wildman–Crippen MR) is 126 cm³/mol. The maximum absolute atomic E-state index is 10.5. The quantitative estimate of drug-likeness (QED) is 0.125. The largest absolute Gasteiger partial charge is 0.481 e. The number of unbranched alkanes of at least 4 members (excludes halogenated alkanes) is 3. The second kappa shape index (κ2) is 18.1. The van der Waals surface area contributed by atoms with Crippen molar-refractivity contribution >= 4 is 5.97 Å². The molecule has 1 saturated carbocycles. The molecule has 1 rings (SSSR count). The summed E-state index contributed by atoms with van der Waals surface area (Å²) in [5, 5.41) is 64.0. The summed E-state index contributed by atoms with van der Waals surface area (Å²) in [6, 6.07) is 0. The molecule has 1 aliphatic carbocycles. The lowest BCUT2D eigenvalue weighted by atomic mass is 9.89. The Morgan fingerprint density at radius 3 is 2.21 bits per heavy atom. The van der Waals surface area contributed by atoms with Gasteiger partial charge in [0, 0.05) is 18.8 Å². The lowest BCUT2D eigenvalue weighted by Crippen LogP contribution is -2.50. The molecule has 1 fully saturated rings. The van der Waals surface area contributed by atoms with Crippen LogP contribution in [-0.2, 0) is 4.79 Å². The minimum Gasteiger partial charge on any atom is -0.481 e. The Bertz CT molecular complexity index is 556. The highest BCUT2D eigenvalue weighted by molar-refractivity contribution is 5.66. The van der Waals surface area contributed by atoms with Crippen LogP contribution in [0.4, 0.5) is 0 Å². The van der Waals surface area contributed by atoms with Crippen LogP contribution in [0.5, 0.6) is 0 Å². The fourth-order valence-electron chi connectivity index (χ4n) is 3.56. The molecule has 1 aliphatic rings. The highest BCUT2D eigenvalue weighted by Crippen LogP contribution is 2.36. The number of hydrogen-bond donors (Lipinski definition) is 8. The summed E-state index contributed by atoms with van der Waals surface area (Å²) in [5.41, 5.74) is 3.94. The zero-order chi connectivity index (χ0) is 25.3. The summed E-state index contributed by atoms with van der Waals surface area (Å²) in [6.07, 6.45) is 12.3. The Morgan fingerprint density at radius 1 is 1.06 bits per heavy atom. The molecule has 4 unspecified atom stereocenters. The molecule has 5 atom stereocenters. The number of aliphatic hydroxyl groups is 6. The van der Waals surface area contributed by atoms with Gasteiger partial charge in [0.1, 0.15) is 0 Å². The normalized spacial score (nSPS) is 24.2. The molecule has 0 aromatic heterocycles. The van der Waals surface area contributed by atoms with E-state index in [2.05, 4.69) is 6.92 Å². The first-order chi connectivity index (χ1) is 15.6. The minimum atomic E-state index is -1.21. The number of aliphatic carboxylic acids is 1. The molecule has 0 bridgehead atoms. The van der Waals surface area contributed by atoms with E-state index in [9.17, 15) is 20.1 Å². The Morgan fingerprint density at radius 2 is 1.70 bits per heavy atom. The van der Waals surface area contributed by atoms with Gasteiger partial charge >= 0.3 is 5.97 Å². The lowest BCUT2D eigenvalue weighted by molar-refractivity contribution is -0.137. The maximum Gasteiger partial charge on any atom is 0.303 e. The standard InChI is InChI=1S/C20H34O5.C4H11NO3/c1-2-3-6-9-15(21)12-13-17-16(18(22)14-19(17)23)10-7-4-5-8-11-20(24)25;5-4(1-6,2-7)3-8/h4,7,12-13,15-19,21-23H,2-3,5-6,8-11,14H2,1H3,(H,24,25);6-8H,1-3,5H2/b7-4-,13-12+;/t15?,16-,17?,18?,19?;/m1./s1. The summed E-state index contributed by atoms with van der Waals surface area (Å²) in [6.45, 7) is 0.915. The van der Waals surface area contributed by atoms with Crippen LogP contribution in [0.25, 0.3) is 0 Å². The van der Waals surface area contributed by atoms with E-state index < -0.39 is 49.6 Å². The molecule has 0 radical (unpaired) electrons. The van der Waals surface area contributed by atoms with Gasteiger partial charge in [-0.15, -0.1) is 0 Å². The molecule has 0 aromatic rings. The topological polar surface area (TPSA) is 185 Å². The fraction of sp³-hybridized carbons (Fsp3) is 0.792. The number of carbonyl (C=O) groups is 1. The van der Waals surface area contributed by atoms with Crippen molar-refractivity contribution in [3.8, 4) is 0 Å². The van der Waals surface area contributed by atoms with Crippen molar-refractivity contribution in [2.45, 2.75) is 88.6 Å². The molecular formula is C24H45NO8. The first kappa shape index (κ1) is 31.7. The highest BCUT2D eigenvalue weighted by Gasteiger charge is 2.39. The summed E-state index contributed by atoms with van der Waals surface area (Å²) in [7, 11) is 0. The number of carboxylic acids is 1. The fourth-order valence-corrected chi connectivity index (χ4v) is 3.56. The maximum atomic E-state index is 10.5. The van der Waals surface area contributed by atoms with E-state index in [-0.39, 0.29) is 18.3 Å². The number of hydrogen-bond acceptors (Lipinski definition) is 8. The Kier molecular flexibility index (Phi) is 17.3. The summed E-state index contributed by atoms with van der Waals surface area (Å²) < 4.78 is 0. The smallest absolute Gasteiger partial charge is 0.303 e. The van der Waals surface area contributed by atoms with Crippen LogP contribution in [0.15, 0.2) is 24.3 Å². The number of carboxylic acid groups (broad SMARTS) is 1. The molecule has 9 N–H and O–H groups in total. The van der Waals surface area contributed by atoms with Crippen molar-refractivity contribution in [1.82, 2.24) is 0 Å². The SMILES string of the molecule is CCCCCC(O)/C=C/C1C(O)CC(O)[C@@H]1C/C=C\CCCC(=O)O.NC(CO)(CO)CO. The molecule has 0 saturated heterocycles. The Hall–Kier alpha value is -1.33. The van der Waals surface area contributed by atoms with Gasteiger partial charge in [-0.2, -0.15) is 0 Å². The number of aliphatic hydroxyl groups excluding tert-OH is 6. The van der Waals surface area contributed by atoms with Crippen molar-refractivity contribution in [1.29, 1.82) is 0 Å². The zero-order valence-electron chi connectivity index (χ0n) is 19.8. The van der Waals surface area contributed by atoms with Gasteiger partial charge < -0.3 is 41.5 Å². The third kappa shape index (κ3) is 13.8. The van der Waals surface area contributed by atoms with E-state index in [1.807, 2.05) is 18.2 Å². The number of rotatable bonds is 15. The zero-order valence-corrected chi connectivity index (χ0v) is 19.8. The van der Waals surface area contributed by atoms with Crippen molar-refractivity contribution in [2.24, 2.45) is 17.6 Å². The van der Waals surface area contributed by atoms with Crippen molar-refractivity contribution in [3.05, 3.63) is 24.3 Å². The molecule has 0 spiro atoms. The van der Waals surface area contributed by atoms with Crippen LogP contribution in [0, 0.1) is 11.8 Å². The predicted octanol–water partition coefficient (Wildman–Crippen LogP) is 0.704. The van der Waals surface area contributed by atoms with E-state index >= 15 is 0 Å². The number of nitrogens with two attached hydrogens (primary N) is 1. The monoisotopic (exact) mass is 475 g/mol. The molecule has 0 heterocycles. The Balaban J connectivity index is 0.00000109. The summed E-state index contributed by atoms with van der Waals surface area (Å²) >= 11 is 0. The van der Waals surface area contributed by atoms with Gasteiger partial charge in [0.15, 0.2) is 0 Å². The van der Waals surface area contributed by atoms with Gasteiger partial charge in [-0.1, -0.05) is 50.5 Å². The molecular weight excluding hydrogens is 430 g/mol. The summed E-state index contributed by atoms with van der Waals surface area (Å²) in [5.74, 6) is -1.00.